The monoisotopic (exact) mass is 532 g/mol. The van der Waals surface area contributed by atoms with Gasteiger partial charge in [0.2, 0.25) is 0 Å². The summed E-state index contributed by atoms with van der Waals surface area (Å²) < 4.78 is 0. The lowest BCUT2D eigenvalue weighted by Gasteiger charge is -2.18. The Hall–Kier alpha value is -2.94. The minimum atomic E-state index is 0.310. The molecule has 0 saturated heterocycles. The van der Waals surface area contributed by atoms with Gasteiger partial charge in [-0.1, -0.05) is 146 Å². The molecule has 3 rings (SSSR count). The van der Waals surface area contributed by atoms with E-state index in [4.69, 9.17) is 5.11 Å². The highest BCUT2D eigenvalue weighted by Crippen LogP contribution is 2.32. The highest BCUT2D eigenvalue weighted by atomic mass is 16.3. The predicted octanol–water partition coefficient (Wildman–Crippen LogP) is 10.9. The molecule has 3 aromatic rings. The summed E-state index contributed by atoms with van der Waals surface area (Å²) in [5.41, 5.74) is 2.47. The molecule has 0 aliphatic rings. The Balaban J connectivity index is 0.000000658. The lowest BCUT2D eigenvalue weighted by molar-refractivity contribution is 0.474. The number of rotatable bonds is 18. The minimum Gasteiger partial charge on any atom is -0.508 e. The fraction of sp³-hybridized carbons (Fsp3) is 0.500. The van der Waals surface area contributed by atoms with E-state index in [0.717, 1.165) is 6.42 Å². The molecule has 3 aromatic carbocycles. The second-order valence-corrected chi connectivity index (χ2v) is 10.8. The maximum Gasteiger partial charge on any atom is 0.115 e. The summed E-state index contributed by atoms with van der Waals surface area (Å²) in [4.78, 5) is 0. The van der Waals surface area contributed by atoms with E-state index in [1.165, 1.54) is 107 Å². The van der Waals surface area contributed by atoms with Crippen LogP contribution in [0, 0.1) is 0 Å². The molecule has 3 heteroatoms. The van der Waals surface area contributed by atoms with E-state index in [1.54, 1.807) is 48.5 Å². The van der Waals surface area contributed by atoms with Gasteiger partial charge in [-0.3, -0.25) is 0 Å². The van der Waals surface area contributed by atoms with E-state index in [0.29, 0.717) is 23.2 Å². The predicted molar refractivity (Wildman–Crippen MR) is 166 cm³/mol. The van der Waals surface area contributed by atoms with Gasteiger partial charge in [0.05, 0.1) is 0 Å². The Morgan fingerprint density at radius 2 is 0.744 bits per heavy atom. The van der Waals surface area contributed by atoms with Crippen LogP contribution in [0.5, 0.6) is 17.2 Å². The fourth-order valence-corrected chi connectivity index (χ4v) is 5.09. The number of hydrogen-bond acceptors (Lipinski definition) is 3. The zero-order valence-electron chi connectivity index (χ0n) is 24.2. The molecule has 0 unspecified atom stereocenters. The molecular weight excluding hydrogens is 480 g/mol. The summed E-state index contributed by atoms with van der Waals surface area (Å²) in [6.45, 7) is 2.28. The van der Waals surface area contributed by atoms with Crippen molar-refractivity contribution in [1.29, 1.82) is 0 Å². The van der Waals surface area contributed by atoms with Crippen LogP contribution in [-0.4, -0.2) is 15.3 Å². The van der Waals surface area contributed by atoms with Crippen molar-refractivity contribution in [3.8, 4) is 17.2 Å². The number of benzene rings is 3. The van der Waals surface area contributed by atoms with E-state index >= 15 is 0 Å². The Kier molecular flexibility index (Phi) is 17.3. The smallest absolute Gasteiger partial charge is 0.115 e. The normalized spacial score (nSPS) is 10.8. The molecule has 0 aliphatic carbocycles. The summed E-state index contributed by atoms with van der Waals surface area (Å²) >= 11 is 0. The van der Waals surface area contributed by atoms with Crippen LogP contribution in [0.25, 0.3) is 0 Å². The Morgan fingerprint density at radius 3 is 1.08 bits per heavy atom. The Morgan fingerprint density at radius 1 is 0.410 bits per heavy atom. The molecule has 214 valence electrons. The van der Waals surface area contributed by atoms with Crippen LogP contribution in [0.1, 0.15) is 127 Å². The molecular formula is C36H52O3. The van der Waals surface area contributed by atoms with Crippen molar-refractivity contribution < 1.29 is 15.3 Å². The van der Waals surface area contributed by atoms with Crippen LogP contribution in [0.4, 0.5) is 0 Å². The molecule has 0 bridgehead atoms. The first kappa shape index (κ1) is 32.3. The first-order valence-electron chi connectivity index (χ1n) is 15.4. The average Bonchev–Trinajstić information content (AvgIpc) is 2.95. The van der Waals surface area contributed by atoms with Gasteiger partial charge in [0, 0.05) is 5.92 Å². The summed E-state index contributed by atoms with van der Waals surface area (Å²) in [5.74, 6) is 1.26. The molecule has 0 saturated carbocycles. The fourth-order valence-electron chi connectivity index (χ4n) is 5.09. The van der Waals surface area contributed by atoms with Gasteiger partial charge in [-0.25, -0.2) is 0 Å². The van der Waals surface area contributed by atoms with Gasteiger partial charge >= 0.3 is 0 Å². The van der Waals surface area contributed by atoms with Crippen LogP contribution >= 0.6 is 0 Å². The maximum absolute atomic E-state index is 9.63. The number of phenols is 3. The standard InChI is InChI=1S/C30H46O2.C6H6O/c1-2-3-4-5-6-7-8-9-10-11-12-13-14-15-16-17-30(26-18-22-28(31)23-19-26)27-20-24-29(32)25-21-27;7-6-4-2-1-3-5-6/h18-25,30-32H,2-17H2,1H3;1-5,7H. The largest absolute Gasteiger partial charge is 0.508 e. The molecule has 0 atom stereocenters. The van der Waals surface area contributed by atoms with Gasteiger partial charge in [0.25, 0.3) is 0 Å². The number of hydrogen-bond donors (Lipinski definition) is 3. The quantitative estimate of drug-likeness (QED) is 0.143. The van der Waals surface area contributed by atoms with Gasteiger partial charge in [-0.15, -0.1) is 0 Å². The van der Waals surface area contributed by atoms with Gasteiger partial charge in [0.1, 0.15) is 17.2 Å². The van der Waals surface area contributed by atoms with Crippen molar-refractivity contribution in [2.45, 2.75) is 116 Å². The topological polar surface area (TPSA) is 60.7 Å². The van der Waals surface area contributed by atoms with Crippen molar-refractivity contribution in [2.75, 3.05) is 0 Å². The summed E-state index contributed by atoms with van der Waals surface area (Å²) in [6.07, 6.45) is 21.9. The average molecular weight is 533 g/mol. The van der Waals surface area contributed by atoms with Crippen molar-refractivity contribution in [1.82, 2.24) is 0 Å². The highest BCUT2D eigenvalue weighted by molar-refractivity contribution is 5.37. The maximum atomic E-state index is 9.63. The first-order chi connectivity index (χ1) is 19.1. The van der Waals surface area contributed by atoms with Crippen LogP contribution in [0.15, 0.2) is 78.9 Å². The third kappa shape index (κ3) is 15.3. The molecule has 0 amide bonds. The van der Waals surface area contributed by atoms with Crippen molar-refractivity contribution in [2.24, 2.45) is 0 Å². The molecule has 0 aliphatic heterocycles. The van der Waals surface area contributed by atoms with Crippen LogP contribution in [-0.2, 0) is 0 Å². The SMILES string of the molecule is CCCCCCCCCCCCCCCCCC(c1ccc(O)cc1)c1ccc(O)cc1.Oc1ccccc1. The van der Waals surface area contributed by atoms with Gasteiger partial charge in [-0.05, 0) is 53.9 Å². The molecule has 0 fully saturated rings. The van der Waals surface area contributed by atoms with E-state index < -0.39 is 0 Å². The number of unbranched alkanes of at least 4 members (excludes halogenated alkanes) is 14. The molecule has 0 heterocycles. The van der Waals surface area contributed by atoms with Gasteiger partial charge in [0.15, 0.2) is 0 Å². The highest BCUT2D eigenvalue weighted by Gasteiger charge is 2.14. The van der Waals surface area contributed by atoms with Crippen LogP contribution in [0.3, 0.4) is 0 Å². The zero-order valence-corrected chi connectivity index (χ0v) is 24.2. The van der Waals surface area contributed by atoms with Crippen LogP contribution < -0.4 is 0 Å². The molecule has 0 radical (unpaired) electrons. The molecule has 3 nitrogen and oxygen atoms in total. The second-order valence-electron chi connectivity index (χ2n) is 10.8. The summed E-state index contributed by atoms with van der Waals surface area (Å²) in [6, 6.07) is 23.9. The van der Waals surface area contributed by atoms with Crippen LogP contribution in [0.2, 0.25) is 0 Å². The molecule has 3 N–H and O–H groups in total. The lowest BCUT2D eigenvalue weighted by atomic mass is 9.86. The number of para-hydroxylation sites is 1. The van der Waals surface area contributed by atoms with E-state index in [-0.39, 0.29) is 0 Å². The van der Waals surface area contributed by atoms with Gasteiger partial charge < -0.3 is 15.3 Å². The third-order valence-corrected chi connectivity index (χ3v) is 7.44. The lowest BCUT2D eigenvalue weighted by Crippen LogP contribution is -2.01. The third-order valence-electron chi connectivity index (χ3n) is 7.44. The van der Waals surface area contributed by atoms with E-state index in [1.807, 2.05) is 30.3 Å². The Bertz CT molecular complexity index is 905. The van der Waals surface area contributed by atoms with E-state index in [9.17, 15) is 10.2 Å². The van der Waals surface area contributed by atoms with E-state index in [2.05, 4.69) is 6.92 Å². The molecule has 39 heavy (non-hydrogen) atoms. The Labute approximate surface area is 238 Å². The number of phenolic OH excluding ortho intramolecular Hbond substituents is 3. The van der Waals surface area contributed by atoms with Gasteiger partial charge in [-0.2, -0.15) is 0 Å². The minimum absolute atomic E-state index is 0.310. The van der Waals surface area contributed by atoms with Crippen molar-refractivity contribution >= 4 is 0 Å². The first-order valence-corrected chi connectivity index (χ1v) is 15.4. The second kappa shape index (κ2) is 21.0. The number of aromatic hydroxyl groups is 3. The van der Waals surface area contributed by atoms with Crippen molar-refractivity contribution in [3.63, 3.8) is 0 Å². The summed E-state index contributed by atoms with van der Waals surface area (Å²) in [7, 11) is 0. The molecule has 0 spiro atoms. The summed E-state index contributed by atoms with van der Waals surface area (Å²) in [5, 5.41) is 27.9. The van der Waals surface area contributed by atoms with Crippen molar-refractivity contribution in [3.05, 3.63) is 90.0 Å². The zero-order chi connectivity index (χ0) is 28.0. The molecule has 0 aromatic heterocycles.